The van der Waals surface area contributed by atoms with Crippen molar-refractivity contribution in [1.82, 2.24) is 4.98 Å². The van der Waals surface area contributed by atoms with Crippen molar-refractivity contribution in [3.63, 3.8) is 0 Å². The maximum absolute atomic E-state index is 6.02. The van der Waals surface area contributed by atoms with Gasteiger partial charge in [0.25, 0.3) is 0 Å². The van der Waals surface area contributed by atoms with Crippen LogP contribution in [0.5, 0.6) is 0 Å². The first kappa shape index (κ1) is 11.7. The number of aliphatic imine (C=N–C) groups is 1. The lowest BCUT2D eigenvalue weighted by Gasteiger charge is -2.12. The SMILES string of the molecule is Nc1cc(C2=CN=CCC2)cc(-c2cccnc2)c1. The Balaban J connectivity index is 2.06. The molecule has 2 heterocycles. The van der Waals surface area contributed by atoms with E-state index < -0.39 is 0 Å². The van der Waals surface area contributed by atoms with Gasteiger partial charge in [0.05, 0.1) is 0 Å². The molecular weight excluding hydrogens is 234 g/mol. The quantitative estimate of drug-likeness (QED) is 0.828. The average molecular weight is 249 g/mol. The van der Waals surface area contributed by atoms with Crippen LogP contribution in [-0.4, -0.2) is 11.2 Å². The van der Waals surface area contributed by atoms with Gasteiger partial charge in [0.2, 0.25) is 0 Å². The zero-order valence-electron chi connectivity index (χ0n) is 10.6. The molecule has 3 nitrogen and oxygen atoms in total. The molecule has 94 valence electrons. The van der Waals surface area contributed by atoms with Crippen molar-refractivity contribution >= 4 is 17.5 Å². The number of anilines is 1. The predicted molar refractivity (Wildman–Crippen MR) is 79.8 cm³/mol. The fourth-order valence-electron chi connectivity index (χ4n) is 2.26. The number of benzene rings is 1. The standard InChI is InChI=1S/C16H15N3/c17-16-8-14(12-3-1-5-18-10-12)7-15(9-16)13-4-2-6-19-11-13/h1,3,5-11H,2,4,17H2. The normalized spacial score (nSPS) is 14.2. The molecule has 1 aromatic heterocycles. The number of rotatable bonds is 2. The van der Waals surface area contributed by atoms with Crippen LogP contribution in [0.4, 0.5) is 5.69 Å². The summed E-state index contributed by atoms with van der Waals surface area (Å²) in [7, 11) is 0. The van der Waals surface area contributed by atoms with Crippen molar-refractivity contribution in [2.75, 3.05) is 5.73 Å². The van der Waals surface area contributed by atoms with Crippen LogP contribution in [0.2, 0.25) is 0 Å². The lowest BCUT2D eigenvalue weighted by Crippen LogP contribution is -1.94. The Labute approximate surface area is 112 Å². The molecule has 0 radical (unpaired) electrons. The molecule has 3 heteroatoms. The summed E-state index contributed by atoms with van der Waals surface area (Å²) in [5.41, 5.74) is 11.3. The second-order valence-corrected chi connectivity index (χ2v) is 4.61. The minimum Gasteiger partial charge on any atom is -0.399 e. The average Bonchev–Trinajstić information content (AvgIpc) is 2.48. The van der Waals surface area contributed by atoms with Crippen molar-refractivity contribution in [1.29, 1.82) is 0 Å². The molecular formula is C16H15N3. The second kappa shape index (κ2) is 5.06. The van der Waals surface area contributed by atoms with E-state index in [-0.39, 0.29) is 0 Å². The molecule has 0 saturated heterocycles. The Morgan fingerprint density at radius 2 is 1.95 bits per heavy atom. The molecule has 0 saturated carbocycles. The first-order valence-corrected chi connectivity index (χ1v) is 6.35. The number of allylic oxidation sites excluding steroid dienone is 1. The third-order valence-corrected chi connectivity index (χ3v) is 3.20. The number of hydrogen-bond acceptors (Lipinski definition) is 3. The van der Waals surface area contributed by atoms with Gasteiger partial charge < -0.3 is 5.73 Å². The highest BCUT2D eigenvalue weighted by atomic mass is 14.7. The minimum atomic E-state index is 0.770. The fourth-order valence-corrected chi connectivity index (χ4v) is 2.26. The van der Waals surface area contributed by atoms with Gasteiger partial charge in [-0.05, 0) is 53.8 Å². The summed E-state index contributed by atoms with van der Waals surface area (Å²) in [6.07, 6.45) is 9.49. The molecule has 1 aliphatic heterocycles. The summed E-state index contributed by atoms with van der Waals surface area (Å²) in [5, 5.41) is 0. The number of nitrogen functional groups attached to an aromatic ring is 1. The minimum absolute atomic E-state index is 0.770. The van der Waals surface area contributed by atoms with Crippen LogP contribution in [0.15, 0.2) is 53.9 Å². The summed E-state index contributed by atoms with van der Waals surface area (Å²) < 4.78 is 0. The second-order valence-electron chi connectivity index (χ2n) is 4.61. The lowest BCUT2D eigenvalue weighted by molar-refractivity contribution is 1.10. The van der Waals surface area contributed by atoms with Gasteiger partial charge in [0, 0.05) is 36.1 Å². The van der Waals surface area contributed by atoms with Crippen LogP contribution in [0.25, 0.3) is 16.7 Å². The number of pyridine rings is 1. The van der Waals surface area contributed by atoms with E-state index in [2.05, 4.69) is 16.0 Å². The summed E-state index contributed by atoms with van der Waals surface area (Å²) >= 11 is 0. The van der Waals surface area contributed by atoms with Crippen LogP contribution >= 0.6 is 0 Å². The van der Waals surface area contributed by atoms with E-state index in [1.54, 1.807) is 6.20 Å². The summed E-state index contributed by atoms with van der Waals surface area (Å²) in [6.45, 7) is 0. The van der Waals surface area contributed by atoms with Crippen molar-refractivity contribution in [2.45, 2.75) is 12.8 Å². The third kappa shape index (κ3) is 2.55. The third-order valence-electron chi connectivity index (χ3n) is 3.20. The van der Waals surface area contributed by atoms with Crippen molar-refractivity contribution in [3.05, 3.63) is 54.5 Å². The van der Waals surface area contributed by atoms with E-state index in [4.69, 9.17) is 5.73 Å². The summed E-state index contributed by atoms with van der Waals surface area (Å²) in [6, 6.07) is 10.1. The van der Waals surface area contributed by atoms with Crippen LogP contribution in [0.1, 0.15) is 18.4 Å². The number of nitrogens with two attached hydrogens (primary N) is 1. The number of hydrogen-bond donors (Lipinski definition) is 1. The summed E-state index contributed by atoms with van der Waals surface area (Å²) in [5.74, 6) is 0. The zero-order valence-corrected chi connectivity index (χ0v) is 10.6. The molecule has 0 bridgehead atoms. The maximum atomic E-state index is 6.02. The van der Waals surface area contributed by atoms with Gasteiger partial charge in [-0.2, -0.15) is 0 Å². The molecule has 0 spiro atoms. The Kier molecular flexibility index (Phi) is 3.11. The Hall–Kier alpha value is -2.42. The van der Waals surface area contributed by atoms with E-state index in [0.29, 0.717) is 0 Å². The van der Waals surface area contributed by atoms with Crippen LogP contribution in [0, 0.1) is 0 Å². The van der Waals surface area contributed by atoms with E-state index in [0.717, 1.165) is 35.2 Å². The molecule has 0 atom stereocenters. The van der Waals surface area contributed by atoms with Gasteiger partial charge in [0.15, 0.2) is 0 Å². The van der Waals surface area contributed by atoms with Crippen LogP contribution in [-0.2, 0) is 0 Å². The first-order valence-electron chi connectivity index (χ1n) is 6.35. The van der Waals surface area contributed by atoms with Crippen molar-refractivity contribution in [2.24, 2.45) is 4.99 Å². The molecule has 3 rings (SSSR count). The highest BCUT2D eigenvalue weighted by Crippen LogP contribution is 2.29. The number of nitrogens with zero attached hydrogens (tertiary/aromatic N) is 2. The van der Waals surface area contributed by atoms with Crippen molar-refractivity contribution < 1.29 is 0 Å². The molecule has 1 aromatic carbocycles. The number of aromatic nitrogens is 1. The molecule has 2 aromatic rings. The van der Waals surface area contributed by atoms with Gasteiger partial charge in [-0.15, -0.1) is 0 Å². The molecule has 1 aliphatic rings. The first-order chi connectivity index (χ1) is 9.33. The largest absolute Gasteiger partial charge is 0.399 e. The van der Waals surface area contributed by atoms with E-state index in [9.17, 15) is 0 Å². The molecule has 0 amide bonds. The van der Waals surface area contributed by atoms with Crippen LogP contribution < -0.4 is 5.73 Å². The maximum Gasteiger partial charge on any atom is 0.0346 e. The van der Waals surface area contributed by atoms with Gasteiger partial charge in [0.1, 0.15) is 0 Å². The molecule has 2 N–H and O–H groups in total. The van der Waals surface area contributed by atoms with E-state index >= 15 is 0 Å². The van der Waals surface area contributed by atoms with Gasteiger partial charge in [-0.1, -0.05) is 6.07 Å². The Morgan fingerprint density at radius 3 is 2.68 bits per heavy atom. The predicted octanol–water partition coefficient (Wildman–Crippen LogP) is 3.54. The van der Waals surface area contributed by atoms with E-state index in [1.165, 1.54) is 5.57 Å². The lowest BCUT2D eigenvalue weighted by atomic mass is 9.96. The van der Waals surface area contributed by atoms with Gasteiger partial charge >= 0.3 is 0 Å². The monoisotopic (exact) mass is 249 g/mol. The summed E-state index contributed by atoms with van der Waals surface area (Å²) in [4.78, 5) is 8.38. The van der Waals surface area contributed by atoms with Crippen LogP contribution in [0.3, 0.4) is 0 Å². The topological polar surface area (TPSA) is 51.3 Å². The van der Waals surface area contributed by atoms with E-state index in [1.807, 2.05) is 42.9 Å². The Bertz CT molecular complexity index is 642. The highest BCUT2D eigenvalue weighted by Gasteiger charge is 2.07. The Morgan fingerprint density at radius 1 is 1.05 bits per heavy atom. The molecule has 0 fully saturated rings. The zero-order chi connectivity index (χ0) is 13.1. The molecule has 0 unspecified atom stereocenters. The highest BCUT2D eigenvalue weighted by molar-refractivity contribution is 5.79. The molecule has 19 heavy (non-hydrogen) atoms. The smallest absolute Gasteiger partial charge is 0.0346 e. The molecule has 0 aliphatic carbocycles. The van der Waals surface area contributed by atoms with Gasteiger partial charge in [-0.3, -0.25) is 9.98 Å². The van der Waals surface area contributed by atoms with Crippen molar-refractivity contribution in [3.8, 4) is 11.1 Å². The fraction of sp³-hybridized carbons (Fsp3) is 0.125. The van der Waals surface area contributed by atoms with Gasteiger partial charge in [-0.25, -0.2) is 0 Å².